The number of rotatable bonds is 5. The van der Waals surface area contributed by atoms with Crippen LogP contribution in [0.1, 0.15) is 213 Å². The lowest BCUT2D eigenvalue weighted by molar-refractivity contribution is 0.332. The van der Waals surface area contributed by atoms with Crippen LogP contribution in [0.5, 0.6) is 0 Å². The van der Waals surface area contributed by atoms with E-state index in [0.29, 0.717) is 0 Å². The van der Waals surface area contributed by atoms with Crippen LogP contribution in [0.15, 0.2) is 127 Å². The average molecular weight is 1100 g/mol. The molecule has 3 heterocycles. The fourth-order valence-electron chi connectivity index (χ4n) is 15.4. The maximum atomic E-state index is 2.78. The fraction of sp³-hybridized carbons (Fsp3) is 0.429. The van der Waals surface area contributed by atoms with Gasteiger partial charge in [-0.15, -0.1) is 11.3 Å². The normalized spacial score (nSPS) is 19.4. The molecular weight excluding hydrogens is 1010 g/mol. The Hall–Kier alpha value is -6.04. The lowest BCUT2D eigenvalue weighted by Gasteiger charge is -2.47. The number of fused-ring (bicyclic) bond motifs is 9. The van der Waals surface area contributed by atoms with E-state index in [2.05, 4.69) is 285 Å². The maximum absolute atomic E-state index is 2.78. The number of para-hydroxylation sites is 1. The summed E-state index contributed by atoms with van der Waals surface area (Å²) in [5.41, 5.74) is 27.1. The molecule has 2 aliphatic heterocycles. The molecule has 1 aromatic heterocycles. The largest absolute Gasteiger partial charge is 0.311 e. The van der Waals surface area contributed by atoms with Crippen LogP contribution in [-0.4, -0.2) is 6.71 Å². The number of anilines is 9. The molecule has 5 heteroatoms. The highest BCUT2D eigenvalue weighted by Crippen LogP contribution is 2.57. The molecule has 0 radical (unpaired) electrons. The van der Waals surface area contributed by atoms with Gasteiger partial charge in [-0.1, -0.05) is 179 Å². The molecule has 0 bridgehead atoms. The van der Waals surface area contributed by atoms with Gasteiger partial charge in [0.2, 0.25) is 0 Å². The zero-order valence-electron chi connectivity index (χ0n) is 53.2. The molecule has 0 fully saturated rings. The van der Waals surface area contributed by atoms with E-state index in [9.17, 15) is 0 Å². The molecule has 3 aliphatic carbocycles. The molecule has 0 amide bonds. The molecule has 0 spiro atoms. The molecule has 0 atom stereocenters. The van der Waals surface area contributed by atoms with Crippen LogP contribution >= 0.6 is 11.3 Å². The Morgan fingerprint density at radius 1 is 0.427 bits per heavy atom. The van der Waals surface area contributed by atoms with Gasteiger partial charge in [-0.25, -0.2) is 0 Å². The van der Waals surface area contributed by atoms with Crippen LogP contribution in [0.4, 0.5) is 51.2 Å². The van der Waals surface area contributed by atoms with Gasteiger partial charge in [0, 0.05) is 54.7 Å². The Bertz CT molecular complexity index is 3920. The third-order valence-corrected chi connectivity index (χ3v) is 22.5. The number of hydrogen-bond donors (Lipinski definition) is 0. The molecule has 3 nitrogen and oxygen atoms in total. The molecule has 8 aromatic rings. The lowest BCUT2D eigenvalue weighted by Crippen LogP contribution is -2.60. The minimum atomic E-state index is -0.0756. The lowest BCUT2D eigenvalue weighted by atomic mass is 9.36. The summed E-state index contributed by atoms with van der Waals surface area (Å²) in [6.45, 7) is 46.3. The predicted octanol–water partition coefficient (Wildman–Crippen LogP) is 20.4. The van der Waals surface area contributed by atoms with E-state index in [0.717, 1.165) is 29.9 Å². The fourth-order valence-corrected chi connectivity index (χ4v) is 16.8. The van der Waals surface area contributed by atoms with Crippen molar-refractivity contribution in [3.8, 4) is 0 Å². The second-order valence-electron chi connectivity index (χ2n) is 31.9. The second kappa shape index (κ2) is 18.0. The van der Waals surface area contributed by atoms with E-state index >= 15 is 0 Å². The minimum Gasteiger partial charge on any atom is -0.311 e. The minimum absolute atomic E-state index is 0.0152. The summed E-state index contributed by atoms with van der Waals surface area (Å²) in [5.74, 6) is 0. The zero-order valence-corrected chi connectivity index (χ0v) is 54.0. The van der Waals surface area contributed by atoms with Gasteiger partial charge in [0.05, 0.1) is 11.4 Å². The third-order valence-electron chi connectivity index (χ3n) is 21.3. The predicted molar refractivity (Wildman–Crippen MR) is 359 cm³/mol. The van der Waals surface area contributed by atoms with Gasteiger partial charge < -0.3 is 14.7 Å². The van der Waals surface area contributed by atoms with Crippen molar-refractivity contribution in [1.29, 1.82) is 0 Å². The van der Waals surface area contributed by atoms with Crippen molar-refractivity contribution in [3.05, 3.63) is 177 Å². The Labute approximate surface area is 497 Å². The zero-order chi connectivity index (χ0) is 58.4. The van der Waals surface area contributed by atoms with Gasteiger partial charge in [0.25, 0.3) is 6.71 Å². The smallest absolute Gasteiger partial charge is 0.264 e. The van der Waals surface area contributed by atoms with E-state index in [-0.39, 0.29) is 50.0 Å². The van der Waals surface area contributed by atoms with Crippen molar-refractivity contribution in [2.45, 2.75) is 213 Å². The molecule has 13 rings (SSSR count). The molecule has 0 N–H and O–H groups in total. The van der Waals surface area contributed by atoms with Crippen LogP contribution in [0.25, 0.3) is 10.1 Å². The van der Waals surface area contributed by atoms with Gasteiger partial charge in [-0.05, 0) is 223 Å². The van der Waals surface area contributed by atoms with Crippen LogP contribution in [0.2, 0.25) is 0 Å². The number of benzene rings is 7. The SMILES string of the molecule is Cc1cc2c(cc1N1c3cc(C(C)(C)C)ccc3B3c4sc5cc6c(cc5c4N(c4ccc5c(c4)C(C)(C)CCC5(C)C)c4cc(N(c5ccccc5)c5ccc(C(C)(C)C)cc5)cc1c43)C(C)(C)CCC6(C)C)C(C)(C)CCC2(C)C. The number of aryl methyl sites for hydroxylation is 1. The Morgan fingerprint density at radius 2 is 0.915 bits per heavy atom. The first-order chi connectivity index (χ1) is 38.3. The summed E-state index contributed by atoms with van der Waals surface area (Å²) < 4.78 is 2.84. The summed E-state index contributed by atoms with van der Waals surface area (Å²) in [6, 6.07) is 51.6. The molecule has 0 saturated heterocycles. The van der Waals surface area contributed by atoms with Gasteiger partial charge >= 0.3 is 0 Å². The summed E-state index contributed by atoms with van der Waals surface area (Å²) in [5, 5.41) is 1.38. The molecule has 422 valence electrons. The van der Waals surface area contributed by atoms with E-state index in [1.807, 2.05) is 0 Å². The van der Waals surface area contributed by atoms with Crippen molar-refractivity contribution < 1.29 is 0 Å². The van der Waals surface area contributed by atoms with Crippen LogP contribution in [0, 0.1) is 6.92 Å². The highest BCUT2D eigenvalue weighted by Gasteiger charge is 2.49. The summed E-state index contributed by atoms with van der Waals surface area (Å²) in [4.78, 5) is 8.07. The second-order valence-corrected chi connectivity index (χ2v) is 33.0. The van der Waals surface area contributed by atoms with Gasteiger partial charge in [0.15, 0.2) is 0 Å². The summed E-state index contributed by atoms with van der Waals surface area (Å²) in [6.07, 6.45) is 7.03. The summed E-state index contributed by atoms with van der Waals surface area (Å²) in [7, 11) is 0. The van der Waals surface area contributed by atoms with Crippen molar-refractivity contribution >= 4 is 95.0 Å². The Balaban J connectivity index is 1.21. The van der Waals surface area contributed by atoms with Gasteiger partial charge in [-0.2, -0.15) is 0 Å². The van der Waals surface area contributed by atoms with Crippen LogP contribution in [0.3, 0.4) is 0 Å². The molecular formula is C77H90BN3S. The molecule has 5 aliphatic rings. The maximum Gasteiger partial charge on any atom is 0.264 e. The quantitative estimate of drug-likeness (QED) is 0.159. The van der Waals surface area contributed by atoms with Crippen LogP contribution < -0.4 is 30.4 Å². The van der Waals surface area contributed by atoms with Crippen molar-refractivity contribution in [3.63, 3.8) is 0 Å². The Morgan fingerprint density at radius 3 is 1.49 bits per heavy atom. The van der Waals surface area contributed by atoms with Crippen molar-refractivity contribution in [2.75, 3.05) is 14.7 Å². The standard InChI is InChI=1S/C77H90BN3S/c1-47-39-56-59(76(16,17)37-35-73(56,10)11)45-62(47)81-63-40-49(71(5,6)7)27-32-61(63)78-67-64(42-53(43-65(67)81)79(50-23-21-20-22-24-50)51-28-25-48(26-29-51)70(2,3)4)80(52-30-31-55-57(41-52)74(12,13)34-33-72(55,8)9)68-54-44-58-60(46-66(54)82-69(68)78)77(18,19)38-36-75(58,14)15/h20-32,39-46H,33-38H2,1-19H3. The molecule has 7 aromatic carbocycles. The van der Waals surface area contributed by atoms with Gasteiger partial charge in [0.1, 0.15) is 0 Å². The number of nitrogens with zero attached hydrogens (tertiary/aromatic N) is 3. The number of thiophene rings is 1. The van der Waals surface area contributed by atoms with Crippen molar-refractivity contribution in [2.24, 2.45) is 0 Å². The monoisotopic (exact) mass is 1100 g/mol. The van der Waals surface area contributed by atoms with E-state index in [1.165, 1.54) is 136 Å². The highest BCUT2D eigenvalue weighted by atomic mass is 32.1. The Kier molecular flexibility index (Phi) is 12.1. The van der Waals surface area contributed by atoms with E-state index in [1.54, 1.807) is 0 Å². The summed E-state index contributed by atoms with van der Waals surface area (Å²) >= 11 is 2.07. The van der Waals surface area contributed by atoms with E-state index in [4.69, 9.17) is 0 Å². The van der Waals surface area contributed by atoms with Gasteiger partial charge in [-0.3, -0.25) is 0 Å². The highest BCUT2D eigenvalue weighted by molar-refractivity contribution is 7.33. The molecule has 0 saturated carbocycles. The third kappa shape index (κ3) is 8.52. The molecule has 0 unspecified atom stereocenters. The average Bonchev–Trinajstić information content (AvgIpc) is 3.43. The van der Waals surface area contributed by atoms with Crippen LogP contribution in [-0.2, 0) is 43.3 Å². The topological polar surface area (TPSA) is 9.72 Å². The first kappa shape index (κ1) is 55.2. The van der Waals surface area contributed by atoms with E-state index < -0.39 is 0 Å². The first-order valence-electron chi connectivity index (χ1n) is 31.1. The first-order valence-corrected chi connectivity index (χ1v) is 31.9. The molecule has 82 heavy (non-hydrogen) atoms. The number of hydrogen-bond acceptors (Lipinski definition) is 4. The van der Waals surface area contributed by atoms with Crippen molar-refractivity contribution in [1.82, 2.24) is 0 Å².